The zero-order valence-corrected chi connectivity index (χ0v) is 20.7. The molecular formula is C31H26N4O3. The number of carbonyl (C=O) groups is 1. The Morgan fingerprint density at radius 3 is 2.58 bits per heavy atom. The molecule has 0 unspecified atom stereocenters. The van der Waals surface area contributed by atoms with Crippen LogP contribution in [-0.4, -0.2) is 33.7 Å². The van der Waals surface area contributed by atoms with Crippen molar-refractivity contribution in [3.63, 3.8) is 0 Å². The smallest absolute Gasteiger partial charge is 0.251 e. The zero-order chi connectivity index (χ0) is 26.2. The summed E-state index contributed by atoms with van der Waals surface area (Å²) < 4.78 is 13.6. The predicted molar refractivity (Wildman–Crippen MR) is 146 cm³/mol. The summed E-state index contributed by atoms with van der Waals surface area (Å²) in [6.45, 7) is 1.49. The van der Waals surface area contributed by atoms with Gasteiger partial charge in [-0.05, 0) is 72.3 Å². The lowest BCUT2D eigenvalue weighted by atomic mass is 10.1. The average Bonchev–Trinajstić information content (AvgIpc) is 3.40. The molecule has 0 fully saturated rings. The number of amides is 1. The number of terminal acetylenes is 1. The Balaban J connectivity index is 1.14. The highest BCUT2D eigenvalue weighted by atomic mass is 16.5. The summed E-state index contributed by atoms with van der Waals surface area (Å²) in [6, 6.07) is 24.6. The van der Waals surface area contributed by atoms with Crippen LogP contribution in [0.1, 0.15) is 27.9 Å². The van der Waals surface area contributed by atoms with Crippen molar-refractivity contribution in [1.29, 1.82) is 0 Å². The van der Waals surface area contributed by atoms with E-state index in [9.17, 15) is 4.79 Å². The van der Waals surface area contributed by atoms with E-state index >= 15 is 0 Å². The Labute approximate surface area is 221 Å². The van der Waals surface area contributed by atoms with Crippen LogP contribution in [0, 0.1) is 12.3 Å². The van der Waals surface area contributed by atoms with Gasteiger partial charge in [0.2, 0.25) is 0 Å². The highest BCUT2D eigenvalue weighted by Crippen LogP contribution is 2.22. The minimum atomic E-state index is -0.154. The Kier molecular flexibility index (Phi) is 7.61. The molecule has 5 rings (SSSR count). The Hall–Kier alpha value is -5.09. The first-order chi connectivity index (χ1) is 18.7. The van der Waals surface area contributed by atoms with Crippen LogP contribution < -0.4 is 14.8 Å². The number of benzene rings is 3. The van der Waals surface area contributed by atoms with E-state index in [1.165, 1.54) is 0 Å². The second-order valence-corrected chi connectivity index (χ2v) is 8.58. The number of nitrogens with zero attached hydrogens (tertiary/aromatic N) is 3. The van der Waals surface area contributed by atoms with Crippen molar-refractivity contribution >= 4 is 16.9 Å². The van der Waals surface area contributed by atoms with Crippen molar-refractivity contribution in [2.45, 2.75) is 13.0 Å². The van der Waals surface area contributed by atoms with Crippen LogP contribution in [0.3, 0.4) is 0 Å². The number of pyridine rings is 1. The summed E-state index contributed by atoms with van der Waals surface area (Å²) >= 11 is 0. The van der Waals surface area contributed by atoms with E-state index < -0.39 is 0 Å². The zero-order valence-electron chi connectivity index (χ0n) is 20.7. The second-order valence-electron chi connectivity index (χ2n) is 8.58. The van der Waals surface area contributed by atoms with Crippen LogP contribution in [0.2, 0.25) is 0 Å². The summed E-state index contributed by atoms with van der Waals surface area (Å²) in [5, 5.41) is 2.92. The van der Waals surface area contributed by atoms with Crippen molar-refractivity contribution in [1.82, 2.24) is 19.9 Å². The van der Waals surface area contributed by atoms with Gasteiger partial charge < -0.3 is 14.8 Å². The highest BCUT2D eigenvalue weighted by Gasteiger charge is 2.10. The number of rotatable bonds is 10. The minimum Gasteiger partial charge on any atom is -0.493 e. The molecule has 0 saturated heterocycles. The summed E-state index contributed by atoms with van der Waals surface area (Å²) in [5.74, 6) is 3.99. The Morgan fingerprint density at radius 2 is 1.79 bits per heavy atom. The maximum absolute atomic E-state index is 12.6. The van der Waals surface area contributed by atoms with Gasteiger partial charge in [-0.3, -0.25) is 14.3 Å². The van der Waals surface area contributed by atoms with Gasteiger partial charge in [-0.1, -0.05) is 18.1 Å². The molecule has 7 nitrogen and oxygen atoms in total. The van der Waals surface area contributed by atoms with Crippen LogP contribution in [0.25, 0.3) is 16.7 Å². The molecular weight excluding hydrogens is 476 g/mol. The first-order valence-electron chi connectivity index (χ1n) is 12.3. The van der Waals surface area contributed by atoms with Crippen molar-refractivity contribution in [3.05, 3.63) is 114 Å². The number of hydrogen-bond acceptors (Lipinski definition) is 5. The first kappa shape index (κ1) is 24.6. The predicted octanol–water partition coefficient (Wildman–Crippen LogP) is 5.18. The molecule has 2 heterocycles. The molecule has 0 aliphatic heterocycles. The van der Waals surface area contributed by atoms with Gasteiger partial charge in [0.1, 0.15) is 17.8 Å². The average molecular weight is 503 g/mol. The molecule has 38 heavy (non-hydrogen) atoms. The molecule has 7 heteroatoms. The van der Waals surface area contributed by atoms with Crippen LogP contribution in [0.15, 0.2) is 97.6 Å². The maximum atomic E-state index is 12.6. The van der Waals surface area contributed by atoms with E-state index in [2.05, 4.69) is 21.2 Å². The van der Waals surface area contributed by atoms with E-state index in [0.717, 1.165) is 45.8 Å². The third-order valence-corrected chi connectivity index (χ3v) is 5.93. The van der Waals surface area contributed by atoms with Crippen LogP contribution in [0.4, 0.5) is 0 Å². The third-order valence-electron chi connectivity index (χ3n) is 5.93. The lowest BCUT2D eigenvalue weighted by molar-refractivity contribution is 0.0951. The van der Waals surface area contributed by atoms with Gasteiger partial charge in [0.25, 0.3) is 5.91 Å². The lowest BCUT2D eigenvalue weighted by Gasteiger charge is -2.10. The largest absolute Gasteiger partial charge is 0.493 e. The molecule has 0 aliphatic rings. The minimum absolute atomic E-state index is 0.154. The number of nitrogens with one attached hydrogen (secondary N) is 1. The number of imidazole rings is 1. The van der Waals surface area contributed by atoms with Crippen LogP contribution in [-0.2, 0) is 6.54 Å². The molecule has 0 saturated carbocycles. The fraction of sp³-hybridized carbons (Fsp3) is 0.129. The number of aromatic nitrogens is 3. The highest BCUT2D eigenvalue weighted by molar-refractivity contribution is 5.97. The van der Waals surface area contributed by atoms with Crippen LogP contribution >= 0.6 is 0 Å². The van der Waals surface area contributed by atoms with Gasteiger partial charge in [0.15, 0.2) is 0 Å². The normalized spacial score (nSPS) is 10.6. The number of carbonyl (C=O) groups excluding carboxylic acids is 1. The van der Waals surface area contributed by atoms with Gasteiger partial charge in [-0.15, -0.1) is 6.42 Å². The van der Waals surface area contributed by atoms with Gasteiger partial charge in [0.05, 0.1) is 24.2 Å². The van der Waals surface area contributed by atoms with Crippen molar-refractivity contribution in [2.24, 2.45) is 0 Å². The molecule has 1 amide bonds. The maximum Gasteiger partial charge on any atom is 0.251 e. The summed E-state index contributed by atoms with van der Waals surface area (Å²) in [7, 11) is 0. The topological polar surface area (TPSA) is 78.3 Å². The molecule has 0 spiro atoms. The monoisotopic (exact) mass is 502 g/mol. The fourth-order valence-electron chi connectivity index (χ4n) is 3.96. The van der Waals surface area contributed by atoms with E-state index in [-0.39, 0.29) is 5.91 Å². The van der Waals surface area contributed by atoms with Crippen molar-refractivity contribution < 1.29 is 14.3 Å². The molecule has 3 aromatic carbocycles. The van der Waals surface area contributed by atoms with Gasteiger partial charge >= 0.3 is 0 Å². The molecule has 2 aromatic heterocycles. The second kappa shape index (κ2) is 11.8. The molecule has 0 bridgehead atoms. The van der Waals surface area contributed by atoms with E-state index in [0.29, 0.717) is 25.3 Å². The fourth-order valence-corrected chi connectivity index (χ4v) is 3.96. The molecule has 1 N–H and O–H groups in total. The third kappa shape index (κ3) is 6.00. The summed E-state index contributed by atoms with van der Waals surface area (Å²) in [6.07, 6.45) is 11.4. The molecule has 5 aromatic rings. The van der Waals surface area contributed by atoms with E-state index in [1.807, 2.05) is 71.3 Å². The molecule has 188 valence electrons. The van der Waals surface area contributed by atoms with Gasteiger partial charge in [0, 0.05) is 42.2 Å². The number of fused-ring (bicyclic) bond motifs is 1. The van der Waals surface area contributed by atoms with Gasteiger partial charge in [-0.2, -0.15) is 0 Å². The van der Waals surface area contributed by atoms with E-state index in [4.69, 9.17) is 15.9 Å². The van der Waals surface area contributed by atoms with Crippen LogP contribution in [0.5, 0.6) is 11.5 Å². The van der Waals surface area contributed by atoms with Gasteiger partial charge in [-0.25, -0.2) is 4.98 Å². The lowest BCUT2D eigenvalue weighted by Crippen LogP contribution is -2.22. The Morgan fingerprint density at radius 1 is 0.947 bits per heavy atom. The first-order valence-corrected chi connectivity index (χ1v) is 12.3. The SMILES string of the molecule is C#Cc1cccc(OCCCOc2ccc(-n3cnc4cc(C(=O)NCc5cccnc5)ccc43)cc2)c1. The quantitative estimate of drug-likeness (QED) is 0.210. The molecule has 0 atom stereocenters. The summed E-state index contributed by atoms with van der Waals surface area (Å²) in [5.41, 5.74) is 4.90. The number of hydrogen-bond donors (Lipinski definition) is 1. The number of ether oxygens (including phenoxy) is 2. The van der Waals surface area contributed by atoms with Crippen molar-refractivity contribution in [2.75, 3.05) is 13.2 Å². The molecule has 0 aliphatic carbocycles. The van der Waals surface area contributed by atoms with E-state index in [1.54, 1.807) is 30.9 Å². The Bertz CT molecular complexity index is 1570. The standard InChI is InChI=1S/C31H26N4O3/c1-2-23-6-3-8-28(18-23)38-17-5-16-37-27-12-10-26(11-13-27)35-22-34-29-19-25(9-14-30(29)35)31(36)33-21-24-7-4-15-32-20-24/h1,3-4,6-15,18-20,22H,5,16-17,21H2,(H,33,36). The summed E-state index contributed by atoms with van der Waals surface area (Å²) in [4.78, 5) is 21.2. The molecule has 0 radical (unpaired) electrons. The van der Waals surface area contributed by atoms with Crippen molar-refractivity contribution in [3.8, 4) is 29.5 Å².